The Labute approximate surface area is 168 Å². The van der Waals surface area contributed by atoms with Gasteiger partial charge in [0.1, 0.15) is 0 Å². The van der Waals surface area contributed by atoms with E-state index in [-0.39, 0.29) is 0 Å². The maximum Gasteiger partial charge on any atom is 0.159 e. The zero-order valence-electron chi connectivity index (χ0n) is 17.0. The first kappa shape index (κ1) is 19.6. The van der Waals surface area contributed by atoms with Gasteiger partial charge in [-0.25, -0.2) is 8.78 Å². The van der Waals surface area contributed by atoms with E-state index in [1.807, 2.05) is 0 Å². The summed E-state index contributed by atoms with van der Waals surface area (Å²) in [4.78, 5) is 0. The average Bonchev–Trinajstić information content (AvgIpc) is 2.76. The summed E-state index contributed by atoms with van der Waals surface area (Å²) in [5.41, 5.74) is 3.93. The molecule has 2 aromatic rings. The minimum absolute atomic E-state index is 0.403. The summed E-state index contributed by atoms with van der Waals surface area (Å²) in [6, 6.07) is 13.7. The van der Waals surface area contributed by atoms with Crippen molar-refractivity contribution in [1.82, 2.24) is 0 Å². The standard InChI is InChI=1S/C26H32F2/c1-2-18-3-5-19(6-4-18)20-7-9-21(10-8-20)22-11-13-23(14-12-22)24-15-16-25(27)26(28)17-24/h3-6,15-17,20-23H,2,7-14H2,1H3. The first-order valence-corrected chi connectivity index (χ1v) is 11.2. The molecule has 4 rings (SSSR count). The van der Waals surface area contributed by atoms with Crippen molar-refractivity contribution in [1.29, 1.82) is 0 Å². The molecule has 0 bridgehead atoms. The van der Waals surface area contributed by atoms with E-state index in [1.165, 1.54) is 61.8 Å². The molecule has 2 aromatic carbocycles. The minimum Gasteiger partial charge on any atom is -0.204 e. The summed E-state index contributed by atoms with van der Waals surface area (Å²) in [6.07, 6.45) is 11.2. The summed E-state index contributed by atoms with van der Waals surface area (Å²) in [6.45, 7) is 2.21. The van der Waals surface area contributed by atoms with Crippen molar-refractivity contribution in [3.8, 4) is 0 Å². The Bertz CT molecular complexity index is 764. The Balaban J connectivity index is 1.28. The van der Waals surface area contributed by atoms with E-state index in [9.17, 15) is 8.78 Å². The highest BCUT2D eigenvalue weighted by Gasteiger charge is 2.31. The molecule has 28 heavy (non-hydrogen) atoms. The van der Waals surface area contributed by atoms with Crippen molar-refractivity contribution in [3.63, 3.8) is 0 Å². The number of benzene rings is 2. The fraction of sp³-hybridized carbons (Fsp3) is 0.538. The Hall–Kier alpha value is -1.70. The molecular formula is C26H32F2. The number of rotatable bonds is 4. The SMILES string of the molecule is CCc1ccc(C2CCC(C3CCC(c4ccc(F)c(F)c4)CC3)CC2)cc1. The van der Waals surface area contributed by atoms with Gasteiger partial charge in [0, 0.05) is 0 Å². The van der Waals surface area contributed by atoms with Crippen LogP contribution in [0.1, 0.15) is 86.8 Å². The second-order valence-electron chi connectivity index (χ2n) is 8.99. The number of hydrogen-bond acceptors (Lipinski definition) is 0. The lowest BCUT2D eigenvalue weighted by Crippen LogP contribution is -2.25. The maximum absolute atomic E-state index is 13.5. The Kier molecular flexibility index (Phi) is 6.13. The number of halogens is 2. The van der Waals surface area contributed by atoms with Crippen LogP contribution >= 0.6 is 0 Å². The smallest absolute Gasteiger partial charge is 0.159 e. The van der Waals surface area contributed by atoms with Crippen LogP contribution in [0.2, 0.25) is 0 Å². The molecule has 0 amide bonds. The monoisotopic (exact) mass is 382 g/mol. The van der Waals surface area contributed by atoms with Crippen LogP contribution in [0.3, 0.4) is 0 Å². The summed E-state index contributed by atoms with van der Waals surface area (Å²) in [5.74, 6) is 1.38. The third-order valence-electron chi connectivity index (χ3n) is 7.48. The van der Waals surface area contributed by atoms with E-state index < -0.39 is 11.6 Å². The molecule has 0 saturated heterocycles. The third kappa shape index (κ3) is 4.31. The van der Waals surface area contributed by atoms with Crippen molar-refractivity contribution < 1.29 is 8.78 Å². The number of hydrogen-bond donors (Lipinski definition) is 0. The van der Waals surface area contributed by atoms with Crippen LogP contribution in [-0.4, -0.2) is 0 Å². The van der Waals surface area contributed by atoms with Gasteiger partial charge in [-0.05, 0) is 110 Å². The van der Waals surface area contributed by atoms with Gasteiger partial charge in [0.25, 0.3) is 0 Å². The highest BCUT2D eigenvalue weighted by molar-refractivity contribution is 5.26. The molecule has 0 aromatic heterocycles. The lowest BCUT2D eigenvalue weighted by atomic mass is 9.67. The van der Waals surface area contributed by atoms with Crippen LogP contribution in [0.15, 0.2) is 42.5 Å². The summed E-state index contributed by atoms with van der Waals surface area (Å²) < 4.78 is 26.7. The summed E-state index contributed by atoms with van der Waals surface area (Å²) >= 11 is 0. The Morgan fingerprint density at radius 3 is 1.64 bits per heavy atom. The largest absolute Gasteiger partial charge is 0.204 e. The molecule has 0 aliphatic heterocycles. The second kappa shape index (κ2) is 8.76. The van der Waals surface area contributed by atoms with Crippen LogP contribution < -0.4 is 0 Å². The summed E-state index contributed by atoms with van der Waals surface area (Å²) in [7, 11) is 0. The first-order chi connectivity index (χ1) is 13.6. The fourth-order valence-corrected chi connectivity index (χ4v) is 5.64. The van der Waals surface area contributed by atoms with Crippen molar-refractivity contribution in [3.05, 3.63) is 70.8 Å². The molecule has 2 aliphatic rings. The minimum atomic E-state index is -0.737. The van der Waals surface area contributed by atoms with Crippen LogP contribution in [0.25, 0.3) is 0 Å². The van der Waals surface area contributed by atoms with Gasteiger partial charge in [-0.15, -0.1) is 0 Å². The average molecular weight is 383 g/mol. The zero-order chi connectivity index (χ0) is 19.5. The highest BCUT2D eigenvalue weighted by atomic mass is 19.2. The van der Waals surface area contributed by atoms with E-state index in [2.05, 4.69) is 31.2 Å². The van der Waals surface area contributed by atoms with Crippen LogP contribution in [0.4, 0.5) is 8.78 Å². The van der Waals surface area contributed by atoms with Crippen molar-refractivity contribution >= 4 is 0 Å². The lowest BCUT2D eigenvalue weighted by molar-refractivity contribution is 0.177. The van der Waals surface area contributed by atoms with E-state index in [1.54, 1.807) is 6.07 Å². The van der Waals surface area contributed by atoms with E-state index in [0.717, 1.165) is 42.6 Å². The second-order valence-corrected chi connectivity index (χ2v) is 8.99. The molecular weight excluding hydrogens is 350 g/mol. The van der Waals surface area contributed by atoms with Gasteiger partial charge in [0.2, 0.25) is 0 Å². The fourth-order valence-electron chi connectivity index (χ4n) is 5.64. The molecule has 0 spiro atoms. The molecule has 0 unspecified atom stereocenters. The molecule has 2 saturated carbocycles. The Morgan fingerprint density at radius 2 is 1.14 bits per heavy atom. The van der Waals surface area contributed by atoms with Crippen molar-refractivity contribution in [2.75, 3.05) is 0 Å². The van der Waals surface area contributed by atoms with E-state index in [4.69, 9.17) is 0 Å². The predicted molar refractivity (Wildman–Crippen MR) is 112 cm³/mol. The third-order valence-corrected chi connectivity index (χ3v) is 7.48. The van der Waals surface area contributed by atoms with Gasteiger partial charge >= 0.3 is 0 Å². The number of aryl methyl sites for hydroxylation is 1. The highest BCUT2D eigenvalue weighted by Crippen LogP contribution is 2.45. The molecule has 0 radical (unpaired) electrons. The van der Waals surface area contributed by atoms with Gasteiger partial charge in [0.05, 0.1) is 0 Å². The van der Waals surface area contributed by atoms with Gasteiger partial charge in [0.15, 0.2) is 11.6 Å². The molecule has 0 N–H and O–H groups in total. The zero-order valence-corrected chi connectivity index (χ0v) is 17.0. The van der Waals surface area contributed by atoms with Gasteiger partial charge in [-0.2, -0.15) is 0 Å². The molecule has 2 heteroatoms. The first-order valence-electron chi connectivity index (χ1n) is 11.2. The normalized spacial score (nSPS) is 28.2. The molecule has 0 nitrogen and oxygen atoms in total. The van der Waals surface area contributed by atoms with Gasteiger partial charge in [-0.3, -0.25) is 0 Å². The molecule has 150 valence electrons. The van der Waals surface area contributed by atoms with Gasteiger partial charge < -0.3 is 0 Å². The molecule has 2 aliphatic carbocycles. The topological polar surface area (TPSA) is 0 Å². The van der Waals surface area contributed by atoms with E-state index in [0.29, 0.717) is 5.92 Å². The van der Waals surface area contributed by atoms with Crippen molar-refractivity contribution in [2.24, 2.45) is 11.8 Å². The van der Waals surface area contributed by atoms with Crippen LogP contribution in [-0.2, 0) is 6.42 Å². The predicted octanol–water partition coefficient (Wildman–Crippen LogP) is 7.78. The molecule has 0 atom stereocenters. The van der Waals surface area contributed by atoms with Crippen molar-refractivity contribution in [2.45, 2.75) is 76.5 Å². The quantitative estimate of drug-likeness (QED) is 0.506. The maximum atomic E-state index is 13.5. The lowest BCUT2D eigenvalue weighted by Gasteiger charge is -2.38. The Morgan fingerprint density at radius 1 is 0.643 bits per heavy atom. The molecule has 0 heterocycles. The summed E-state index contributed by atoms with van der Waals surface area (Å²) in [5, 5.41) is 0. The van der Waals surface area contributed by atoms with Crippen LogP contribution in [0, 0.1) is 23.5 Å². The molecule has 2 fully saturated rings. The van der Waals surface area contributed by atoms with Gasteiger partial charge in [-0.1, -0.05) is 37.3 Å². The van der Waals surface area contributed by atoms with Crippen LogP contribution in [0.5, 0.6) is 0 Å². The van der Waals surface area contributed by atoms with E-state index >= 15 is 0 Å².